The van der Waals surface area contributed by atoms with Gasteiger partial charge in [-0.25, -0.2) is 0 Å². The van der Waals surface area contributed by atoms with E-state index in [0.717, 1.165) is 11.1 Å². The van der Waals surface area contributed by atoms with Crippen molar-refractivity contribution in [2.45, 2.75) is 13.5 Å². The maximum atomic E-state index is 11.9. The lowest BCUT2D eigenvalue weighted by molar-refractivity contribution is 0.0995. The van der Waals surface area contributed by atoms with Gasteiger partial charge in [0.05, 0.1) is 6.26 Å². The van der Waals surface area contributed by atoms with Gasteiger partial charge < -0.3 is 15.5 Å². The van der Waals surface area contributed by atoms with Crippen LogP contribution in [0.3, 0.4) is 0 Å². The number of rotatable bonds is 3. The molecule has 6 nitrogen and oxygen atoms in total. The zero-order valence-electron chi connectivity index (χ0n) is 9.73. The molecule has 0 unspecified atom stereocenters. The van der Waals surface area contributed by atoms with Crippen LogP contribution >= 0.6 is 0 Å². The van der Waals surface area contributed by atoms with Gasteiger partial charge in [-0.1, -0.05) is 0 Å². The van der Waals surface area contributed by atoms with Crippen molar-refractivity contribution in [3.8, 4) is 0 Å². The van der Waals surface area contributed by atoms with Crippen molar-refractivity contribution in [3.63, 3.8) is 0 Å². The number of hydrogen-bond donors (Lipinski definition) is 2. The lowest BCUT2D eigenvalue weighted by Crippen LogP contribution is -2.14. The van der Waals surface area contributed by atoms with Crippen molar-refractivity contribution in [2.75, 3.05) is 5.32 Å². The molecule has 2 rings (SSSR count). The van der Waals surface area contributed by atoms with Gasteiger partial charge in [0.25, 0.3) is 5.91 Å². The minimum absolute atomic E-state index is 0.290. The van der Waals surface area contributed by atoms with E-state index >= 15 is 0 Å². The van der Waals surface area contributed by atoms with Crippen molar-refractivity contribution in [3.05, 3.63) is 35.4 Å². The van der Waals surface area contributed by atoms with Crippen molar-refractivity contribution >= 4 is 11.7 Å². The number of carbonyl (C=O) groups excluding carboxylic acids is 1. The fraction of sp³-hybridized carbons (Fsp3) is 0.273. The third kappa shape index (κ3) is 2.21. The molecule has 0 aliphatic rings. The van der Waals surface area contributed by atoms with E-state index in [2.05, 4.69) is 10.4 Å². The maximum absolute atomic E-state index is 11.9. The predicted octanol–water partition coefficient (Wildman–Crippen LogP) is 1.03. The first-order chi connectivity index (χ1) is 8.11. The maximum Gasteiger partial charge on any atom is 0.292 e. The van der Waals surface area contributed by atoms with Gasteiger partial charge in [-0.2, -0.15) is 5.10 Å². The molecule has 0 spiro atoms. The van der Waals surface area contributed by atoms with Crippen LogP contribution in [0, 0.1) is 6.92 Å². The molecule has 0 bridgehead atoms. The highest BCUT2D eigenvalue weighted by molar-refractivity contribution is 6.02. The molecule has 0 saturated heterocycles. The molecule has 2 aromatic heterocycles. The first kappa shape index (κ1) is 11.4. The third-order valence-electron chi connectivity index (χ3n) is 2.42. The highest BCUT2D eigenvalue weighted by Gasteiger charge is 2.16. The molecule has 0 atom stereocenters. The van der Waals surface area contributed by atoms with Crippen molar-refractivity contribution < 1.29 is 9.21 Å². The van der Waals surface area contributed by atoms with Crippen molar-refractivity contribution in [1.82, 2.24) is 9.78 Å². The van der Waals surface area contributed by atoms with Crippen LogP contribution in [0.25, 0.3) is 0 Å². The number of anilines is 1. The SMILES string of the molecule is Cc1ccoc1C(=O)Nc1nn(C)cc1CN. The highest BCUT2D eigenvalue weighted by Crippen LogP contribution is 2.15. The fourth-order valence-corrected chi connectivity index (χ4v) is 1.56. The van der Waals surface area contributed by atoms with Crippen LogP contribution in [-0.4, -0.2) is 15.7 Å². The number of carbonyl (C=O) groups is 1. The Morgan fingerprint density at radius 3 is 3.00 bits per heavy atom. The number of amides is 1. The molecule has 2 heterocycles. The molecule has 2 aromatic rings. The second-order valence-electron chi connectivity index (χ2n) is 3.77. The van der Waals surface area contributed by atoms with E-state index in [9.17, 15) is 4.79 Å². The Balaban J connectivity index is 2.21. The molecule has 3 N–H and O–H groups in total. The van der Waals surface area contributed by atoms with Gasteiger partial charge in [0.1, 0.15) is 0 Å². The number of hydrogen-bond acceptors (Lipinski definition) is 4. The average molecular weight is 234 g/mol. The van der Waals surface area contributed by atoms with Crippen LogP contribution in [0.2, 0.25) is 0 Å². The van der Waals surface area contributed by atoms with E-state index in [1.807, 2.05) is 0 Å². The minimum Gasteiger partial charge on any atom is -0.459 e. The zero-order valence-corrected chi connectivity index (χ0v) is 9.73. The number of aryl methyl sites for hydroxylation is 2. The number of furan rings is 1. The Hall–Kier alpha value is -2.08. The van der Waals surface area contributed by atoms with Gasteiger partial charge in [0.15, 0.2) is 11.6 Å². The summed E-state index contributed by atoms with van der Waals surface area (Å²) in [5.41, 5.74) is 7.13. The van der Waals surface area contributed by atoms with E-state index in [1.54, 1.807) is 30.9 Å². The van der Waals surface area contributed by atoms with Gasteiger partial charge in [0.2, 0.25) is 0 Å². The number of nitrogens with two attached hydrogens (primary N) is 1. The molecular formula is C11H14N4O2. The molecule has 0 fully saturated rings. The van der Waals surface area contributed by atoms with Crippen LogP contribution in [-0.2, 0) is 13.6 Å². The van der Waals surface area contributed by atoms with Gasteiger partial charge in [0, 0.05) is 30.9 Å². The smallest absolute Gasteiger partial charge is 0.292 e. The molecule has 6 heteroatoms. The van der Waals surface area contributed by atoms with Crippen LogP contribution < -0.4 is 11.1 Å². The number of aromatic nitrogens is 2. The van der Waals surface area contributed by atoms with E-state index in [-0.39, 0.29) is 5.91 Å². The first-order valence-electron chi connectivity index (χ1n) is 5.20. The minimum atomic E-state index is -0.319. The lowest BCUT2D eigenvalue weighted by Gasteiger charge is -2.02. The standard InChI is InChI=1S/C11H14N4O2/c1-7-3-4-17-9(7)11(16)13-10-8(5-12)6-15(2)14-10/h3-4,6H,5,12H2,1-2H3,(H,13,14,16). The fourth-order valence-electron chi connectivity index (χ4n) is 1.56. The second-order valence-corrected chi connectivity index (χ2v) is 3.77. The predicted molar refractivity (Wildman–Crippen MR) is 62.5 cm³/mol. The van der Waals surface area contributed by atoms with E-state index in [1.165, 1.54) is 6.26 Å². The van der Waals surface area contributed by atoms with E-state index in [4.69, 9.17) is 10.2 Å². The molecule has 0 aliphatic heterocycles. The summed E-state index contributed by atoms with van der Waals surface area (Å²) >= 11 is 0. The summed E-state index contributed by atoms with van der Waals surface area (Å²) in [4.78, 5) is 11.9. The third-order valence-corrected chi connectivity index (χ3v) is 2.42. The number of nitrogens with one attached hydrogen (secondary N) is 1. The summed E-state index contributed by atoms with van der Waals surface area (Å²) in [5, 5.41) is 6.80. The van der Waals surface area contributed by atoms with Gasteiger partial charge in [-0.15, -0.1) is 0 Å². The van der Waals surface area contributed by atoms with Crippen LogP contribution in [0.1, 0.15) is 21.7 Å². The van der Waals surface area contributed by atoms with E-state index < -0.39 is 0 Å². The Bertz CT molecular complexity index is 541. The summed E-state index contributed by atoms with van der Waals surface area (Å²) in [6.07, 6.45) is 3.25. The Morgan fingerprint density at radius 2 is 2.41 bits per heavy atom. The monoisotopic (exact) mass is 234 g/mol. The van der Waals surface area contributed by atoms with Crippen molar-refractivity contribution in [2.24, 2.45) is 12.8 Å². The Labute approximate surface area is 98.4 Å². The second kappa shape index (κ2) is 4.42. The summed E-state index contributed by atoms with van der Waals surface area (Å²) in [7, 11) is 1.77. The van der Waals surface area contributed by atoms with Crippen LogP contribution in [0.4, 0.5) is 5.82 Å². The molecule has 0 aliphatic carbocycles. The highest BCUT2D eigenvalue weighted by atomic mass is 16.3. The topological polar surface area (TPSA) is 86.1 Å². The summed E-state index contributed by atoms with van der Waals surface area (Å²) in [6, 6.07) is 1.73. The van der Waals surface area contributed by atoms with Gasteiger partial charge >= 0.3 is 0 Å². The molecule has 0 radical (unpaired) electrons. The summed E-state index contributed by atoms with van der Waals surface area (Å²) in [5.74, 6) is 0.440. The quantitative estimate of drug-likeness (QED) is 0.830. The molecule has 0 aromatic carbocycles. The molecule has 17 heavy (non-hydrogen) atoms. The molecule has 1 amide bonds. The first-order valence-corrected chi connectivity index (χ1v) is 5.20. The average Bonchev–Trinajstić information content (AvgIpc) is 2.84. The molecular weight excluding hydrogens is 220 g/mol. The van der Waals surface area contributed by atoms with Crippen molar-refractivity contribution in [1.29, 1.82) is 0 Å². The Morgan fingerprint density at radius 1 is 1.65 bits per heavy atom. The molecule has 90 valence electrons. The summed E-state index contributed by atoms with van der Waals surface area (Å²) in [6.45, 7) is 2.13. The normalized spacial score (nSPS) is 10.5. The summed E-state index contributed by atoms with van der Waals surface area (Å²) < 4.78 is 6.70. The van der Waals surface area contributed by atoms with Crippen LogP contribution in [0.15, 0.2) is 22.9 Å². The zero-order chi connectivity index (χ0) is 12.4. The van der Waals surface area contributed by atoms with Crippen LogP contribution in [0.5, 0.6) is 0 Å². The largest absolute Gasteiger partial charge is 0.459 e. The molecule has 0 saturated carbocycles. The van der Waals surface area contributed by atoms with E-state index in [0.29, 0.717) is 18.1 Å². The lowest BCUT2D eigenvalue weighted by atomic mass is 10.2. The van der Waals surface area contributed by atoms with Gasteiger partial charge in [-0.05, 0) is 13.0 Å². The number of nitrogens with zero attached hydrogens (tertiary/aromatic N) is 2. The van der Waals surface area contributed by atoms with Gasteiger partial charge in [-0.3, -0.25) is 9.48 Å². The Kier molecular flexibility index (Phi) is 2.97.